The highest BCUT2D eigenvalue weighted by atomic mass is 16.5. The molecule has 1 aromatic rings. The van der Waals surface area contributed by atoms with E-state index in [-0.39, 0.29) is 0 Å². The van der Waals surface area contributed by atoms with E-state index < -0.39 is 0 Å². The Labute approximate surface area is 141 Å². The van der Waals surface area contributed by atoms with Gasteiger partial charge < -0.3 is 14.4 Å². The molecule has 0 spiro atoms. The van der Waals surface area contributed by atoms with Crippen LogP contribution in [0.25, 0.3) is 0 Å². The van der Waals surface area contributed by atoms with Gasteiger partial charge in [-0.1, -0.05) is 32.0 Å². The fraction of sp³-hybridized carbons (Fsp3) is 0.684. The Morgan fingerprint density at radius 2 is 1.78 bits per heavy atom. The normalized spacial score (nSPS) is 18.0. The van der Waals surface area contributed by atoms with Crippen LogP contribution in [0.2, 0.25) is 0 Å². The standard InChI is InChI=1S/C19H32N2O2/c1-4-17(2)18-7-5-6-8-19(18)23-16-15-22-14-13-21-11-9-20(3)10-12-21/h5-8,17H,4,9-16H2,1-3H3/t17-/m0/s1. The minimum Gasteiger partial charge on any atom is -0.491 e. The van der Waals surface area contributed by atoms with E-state index >= 15 is 0 Å². The highest BCUT2D eigenvalue weighted by Gasteiger charge is 2.13. The van der Waals surface area contributed by atoms with Crippen LogP contribution in [-0.2, 0) is 4.74 Å². The molecular formula is C19H32N2O2. The molecule has 1 atom stereocenters. The molecule has 1 fully saturated rings. The second-order valence-electron chi connectivity index (χ2n) is 6.45. The van der Waals surface area contributed by atoms with Crippen molar-refractivity contribution >= 4 is 0 Å². The SMILES string of the molecule is CC[C@H](C)c1ccccc1OCCOCCN1CCN(C)CC1. The van der Waals surface area contributed by atoms with Crippen LogP contribution in [0.5, 0.6) is 5.75 Å². The van der Waals surface area contributed by atoms with Crippen LogP contribution < -0.4 is 4.74 Å². The van der Waals surface area contributed by atoms with Crippen molar-refractivity contribution in [2.75, 3.05) is 59.6 Å². The van der Waals surface area contributed by atoms with Gasteiger partial charge in [-0.3, -0.25) is 4.90 Å². The number of likely N-dealkylation sites (N-methyl/N-ethyl adjacent to an activating group) is 1. The van der Waals surface area contributed by atoms with E-state index in [2.05, 4.69) is 48.9 Å². The molecule has 0 N–H and O–H groups in total. The van der Waals surface area contributed by atoms with Crippen molar-refractivity contribution in [1.29, 1.82) is 0 Å². The van der Waals surface area contributed by atoms with Crippen LogP contribution >= 0.6 is 0 Å². The Bertz CT molecular complexity index is 445. The number of nitrogens with zero attached hydrogens (tertiary/aromatic N) is 2. The van der Waals surface area contributed by atoms with Gasteiger partial charge in [-0.05, 0) is 31.0 Å². The van der Waals surface area contributed by atoms with E-state index in [1.807, 2.05) is 6.07 Å². The Balaban J connectivity index is 1.61. The van der Waals surface area contributed by atoms with Crippen LogP contribution in [0.1, 0.15) is 31.7 Å². The molecule has 23 heavy (non-hydrogen) atoms. The molecule has 0 bridgehead atoms. The summed E-state index contributed by atoms with van der Waals surface area (Å²) in [5.74, 6) is 1.54. The molecule has 4 heteroatoms. The number of hydrogen-bond donors (Lipinski definition) is 0. The molecule has 1 aliphatic rings. The zero-order valence-corrected chi connectivity index (χ0v) is 15.0. The Morgan fingerprint density at radius 3 is 2.52 bits per heavy atom. The molecule has 0 radical (unpaired) electrons. The predicted molar refractivity (Wildman–Crippen MR) is 95.4 cm³/mol. The fourth-order valence-electron chi connectivity index (χ4n) is 2.82. The number of piperazine rings is 1. The topological polar surface area (TPSA) is 24.9 Å². The molecule has 1 aromatic carbocycles. The summed E-state index contributed by atoms with van der Waals surface area (Å²) in [5.41, 5.74) is 1.30. The molecule has 0 saturated carbocycles. The van der Waals surface area contributed by atoms with Crippen molar-refractivity contribution in [2.45, 2.75) is 26.2 Å². The smallest absolute Gasteiger partial charge is 0.122 e. The van der Waals surface area contributed by atoms with E-state index in [0.29, 0.717) is 19.1 Å². The molecule has 1 saturated heterocycles. The highest BCUT2D eigenvalue weighted by Crippen LogP contribution is 2.28. The Hall–Kier alpha value is -1.10. The van der Waals surface area contributed by atoms with E-state index in [9.17, 15) is 0 Å². The summed E-state index contributed by atoms with van der Waals surface area (Å²) in [4.78, 5) is 4.85. The average molecular weight is 320 g/mol. The van der Waals surface area contributed by atoms with Crippen molar-refractivity contribution in [3.05, 3.63) is 29.8 Å². The monoisotopic (exact) mass is 320 g/mol. The van der Waals surface area contributed by atoms with Crippen LogP contribution in [0.15, 0.2) is 24.3 Å². The number of hydrogen-bond acceptors (Lipinski definition) is 4. The van der Waals surface area contributed by atoms with Crippen molar-refractivity contribution in [3.63, 3.8) is 0 Å². The van der Waals surface area contributed by atoms with E-state index in [1.54, 1.807) is 0 Å². The van der Waals surface area contributed by atoms with Crippen LogP contribution in [0.4, 0.5) is 0 Å². The first kappa shape index (κ1) is 18.2. The van der Waals surface area contributed by atoms with Gasteiger partial charge in [0.25, 0.3) is 0 Å². The maximum absolute atomic E-state index is 5.92. The lowest BCUT2D eigenvalue weighted by molar-refractivity contribution is 0.0656. The third kappa shape index (κ3) is 6.13. The largest absolute Gasteiger partial charge is 0.491 e. The second-order valence-corrected chi connectivity index (χ2v) is 6.45. The molecule has 130 valence electrons. The average Bonchev–Trinajstić information content (AvgIpc) is 2.59. The molecule has 0 amide bonds. The molecule has 4 nitrogen and oxygen atoms in total. The van der Waals surface area contributed by atoms with Gasteiger partial charge in [-0.2, -0.15) is 0 Å². The highest BCUT2D eigenvalue weighted by molar-refractivity contribution is 5.35. The lowest BCUT2D eigenvalue weighted by atomic mass is 9.98. The zero-order valence-electron chi connectivity index (χ0n) is 15.0. The van der Waals surface area contributed by atoms with Crippen LogP contribution in [-0.4, -0.2) is 69.4 Å². The number of rotatable bonds is 9. The first-order valence-corrected chi connectivity index (χ1v) is 8.91. The summed E-state index contributed by atoms with van der Waals surface area (Å²) in [6.07, 6.45) is 1.13. The molecule has 1 heterocycles. The first-order chi connectivity index (χ1) is 11.2. The number of ether oxygens (including phenoxy) is 2. The number of benzene rings is 1. The van der Waals surface area contributed by atoms with Gasteiger partial charge in [-0.25, -0.2) is 0 Å². The van der Waals surface area contributed by atoms with Crippen molar-refractivity contribution in [3.8, 4) is 5.75 Å². The molecule has 0 unspecified atom stereocenters. The Morgan fingerprint density at radius 1 is 1.04 bits per heavy atom. The van der Waals surface area contributed by atoms with Gasteiger partial charge in [0.1, 0.15) is 12.4 Å². The van der Waals surface area contributed by atoms with E-state index in [4.69, 9.17) is 9.47 Å². The third-order valence-electron chi connectivity index (χ3n) is 4.70. The van der Waals surface area contributed by atoms with Gasteiger partial charge in [0.15, 0.2) is 0 Å². The predicted octanol–water partition coefficient (Wildman–Crippen LogP) is 2.84. The van der Waals surface area contributed by atoms with Crippen molar-refractivity contribution < 1.29 is 9.47 Å². The van der Waals surface area contributed by atoms with Gasteiger partial charge in [0, 0.05) is 32.7 Å². The maximum atomic E-state index is 5.92. The van der Waals surface area contributed by atoms with Crippen molar-refractivity contribution in [1.82, 2.24) is 9.80 Å². The molecule has 2 rings (SSSR count). The molecule has 1 aliphatic heterocycles. The summed E-state index contributed by atoms with van der Waals surface area (Å²) >= 11 is 0. The minimum absolute atomic E-state index is 0.532. The van der Waals surface area contributed by atoms with Gasteiger partial charge in [-0.15, -0.1) is 0 Å². The summed E-state index contributed by atoms with van der Waals surface area (Å²) in [6.45, 7) is 12.2. The molecule has 0 aliphatic carbocycles. The third-order valence-corrected chi connectivity index (χ3v) is 4.70. The van der Waals surface area contributed by atoms with E-state index in [0.717, 1.165) is 51.5 Å². The van der Waals surface area contributed by atoms with Gasteiger partial charge in [0.05, 0.1) is 13.2 Å². The molecule has 0 aromatic heterocycles. The summed E-state index contributed by atoms with van der Waals surface area (Å²) in [6, 6.07) is 8.35. The van der Waals surface area contributed by atoms with Crippen LogP contribution in [0.3, 0.4) is 0 Å². The maximum Gasteiger partial charge on any atom is 0.122 e. The summed E-state index contributed by atoms with van der Waals surface area (Å²) in [5, 5.41) is 0. The zero-order chi connectivity index (χ0) is 16.5. The number of para-hydroxylation sites is 1. The van der Waals surface area contributed by atoms with Gasteiger partial charge >= 0.3 is 0 Å². The summed E-state index contributed by atoms with van der Waals surface area (Å²) in [7, 11) is 2.18. The molecular weight excluding hydrogens is 288 g/mol. The quantitative estimate of drug-likeness (QED) is 0.653. The fourth-order valence-corrected chi connectivity index (χ4v) is 2.82. The van der Waals surface area contributed by atoms with Gasteiger partial charge in [0.2, 0.25) is 0 Å². The van der Waals surface area contributed by atoms with Crippen molar-refractivity contribution in [2.24, 2.45) is 0 Å². The van der Waals surface area contributed by atoms with E-state index in [1.165, 1.54) is 5.56 Å². The first-order valence-electron chi connectivity index (χ1n) is 8.91. The lowest BCUT2D eigenvalue weighted by Crippen LogP contribution is -2.45. The lowest BCUT2D eigenvalue weighted by Gasteiger charge is -2.32. The van der Waals surface area contributed by atoms with Crippen LogP contribution in [0, 0.1) is 0 Å². The Kier molecular flexibility index (Phi) is 7.86. The second kappa shape index (κ2) is 9.91. The minimum atomic E-state index is 0.532. The summed E-state index contributed by atoms with van der Waals surface area (Å²) < 4.78 is 11.7.